The van der Waals surface area contributed by atoms with Crippen LogP contribution in [0.5, 0.6) is 0 Å². The van der Waals surface area contributed by atoms with E-state index in [1.54, 1.807) is 11.8 Å². The number of hydrogen-bond donors (Lipinski definition) is 1. The molecule has 0 saturated carbocycles. The Morgan fingerprint density at radius 1 is 1.17 bits per heavy atom. The summed E-state index contributed by atoms with van der Waals surface area (Å²) < 4.78 is 0. The van der Waals surface area contributed by atoms with Gasteiger partial charge < -0.3 is 10.2 Å². The van der Waals surface area contributed by atoms with Gasteiger partial charge in [-0.05, 0) is 46.1 Å². The fourth-order valence-corrected chi connectivity index (χ4v) is 2.40. The average Bonchev–Trinajstić information content (AvgIpc) is 2.47. The Kier molecular flexibility index (Phi) is 7.27. The van der Waals surface area contributed by atoms with Crippen molar-refractivity contribution in [2.24, 2.45) is 0 Å². The molecule has 0 unspecified atom stereocenters. The van der Waals surface area contributed by atoms with Gasteiger partial charge >= 0.3 is 0 Å². The number of benzene rings is 1. The summed E-state index contributed by atoms with van der Waals surface area (Å²) in [7, 11) is 0. The molecule has 0 bridgehead atoms. The average molecular weight is 318 g/mol. The first-order valence-electron chi connectivity index (χ1n) is 8.40. The fraction of sp³-hybridized carbons (Fsp3) is 0.579. The van der Waals surface area contributed by atoms with E-state index < -0.39 is 6.04 Å². The van der Waals surface area contributed by atoms with E-state index in [4.69, 9.17) is 0 Å². The Hall–Kier alpha value is -1.84. The van der Waals surface area contributed by atoms with Crippen LogP contribution in [0.25, 0.3) is 0 Å². The Morgan fingerprint density at radius 3 is 2.30 bits per heavy atom. The normalized spacial score (nSPS) is 12.6. The molecule has 1 N–H and O–H groups in total. The predicted molar refractivity (Wildman–Crippen MR) is 94.1 cm³/mol. The van der Waals surface area contributed by atoms with E-state index in [0.29, 0.717) is 13.0 Å². The van der Waals surface area contributed by atoms with Crippen LogP contribution in [0.3, 0.4) is 0 Å². The summed E-state index contributed by atoms with van der Waals surface area (Å²) in [5.74, 6) is -0.0602. The third kappa shape index (κ3) is 6.85. The van der Waals surface area contributed by atoms with Crippen molar-refractivity contribution in [2.45, 2.75) is 65.5 Å². The molecule has 0 aliphatic carbocycles. The summed E-state index contributed by atoms with van der Waals surface area (Å²) in [6, 6.07) is 9.58. The first-order chi connectivity index (χ1) is 10.7. The minimum Gasteiger partial charge on any atom is -0.350 e. The maximum atomic E-state index is 12.4. The lowest BCUT2D eigenvalue weighted by molar-refractivity contribution is -0.140. The number of nitrogens with zero attached hydrogens (tertiary/aromatic N) is 1. The predicted octanol–water partition coefficient (Wildman–Crippen LogP) is 3.16. The molecule has 0 aliphatic rings. The maximum Gasteiger partial charge on any atom is 0.242 e. The van der Waals surface area contributed by atoms with Gasteiger partial charge in [-0.1, -0.05) is 37.3 Å². The lowest BCUT2D eigenvalue weighted by atomic mass is 10.1. The van der Waals surface area contributed by atoms with Gasteiger partial charge in [0, 0.05) is 18.5 Å². The Balaban J connectivity index is 2.78. The van der Waals surface area contributed by atoms with Crippen LogP contribution in [0.2, 0.25) is 0 Å². The number of amides is 2. The maximum absolute atomic E-state index is 12.4. The molecular formula is C19H30N2O2. The highest BCUT2D eigenvalue weighted by molar-refractivity contribution is 5.87. The van der Waals surface area contributed by atoms with Gasteiger partial charge in [0.05, 0.1) is 0 Å². The monoisotopic (exact) mass is 318 g/mol. The van der Waals surface area contributed by atoms with Crippen molar-refractivity contribution in [1.29, 1.82) is 0 Å². The first kappa shape index (κ1) is 19.2. The van der Waals surface area contributed by atoms with E-state index in [1.165, 1.54) is 5.56 Å². The van der Waals surface area contributed by atoms with Gasteiger partial charge in [-0.2, -0.15) is 0 Å². The Bertz CT molecular complexity index is 506. The van der Waals surface area contributed by atoms with Crippen molar-refractivity contribution in [2.75, 3.05) is 6.54 Å². The van der Waals surface area contributed by atoms with Crippen molar-refractivity contribution < 1.29 is 9.59 Å². The van der Waals surface area contributed by atoms with Crippen molar-refractivity contribution in [3.8, 4) is 0 Å². The van der Waals surface area contributed by atoms with Gasteiger partial charge in [0.15, 0.2) is 0 Å². The van der Waals surface area contributed by atoms with E-state index in [0.717, 1.165) is 12.8 Å². The summed E-state index contributed by atoms with van der Waals surface area (Å²) in [5.41, 5.74) is 0.870. The van der Waals surface area contributed by atoms with Gasteiger partial charge in [0.2, 0.25) is 11.8 Å². The highest BCUT2D eigenvalue weighted by Gasteiger charge is 2.27. The van der Waals surface area contributed by atoms with E-state index in [-0.39, 0.29) is 17.4 Å². The number of carbonyl (C=O) groups is 2. The molecule has 0 heterocycles. The van der Waals surface area contributed by atoms with Crippen LogP contribution >= 0.6 is 0 Å². The van der Waals surface area contributed by atoms with Crippen LogP contribution in [0.15, 0.2) is 30.3 Å². The number of rotatable bonds is 7. The smallest absolute Gasteiger partial charge is 0.242 e. The Morgan fingerprint density at radius 2 is 1.78 bits per heavy atom. The summed E-state index contributed by atoms with van der Waals surface area (Å²) in [5, 5.41) is 2.96. The molecule has 23 heavy (non-hydrogen) atoms. The zero-order chi connectivity index (χ0) is 17.5. The molecule has 0 aliphatic heterocycles. The van der Waals surface area contributed by atoms with Crippen LogP contribution < -0.4 is 5.32 Å². The van der Waals surface area contributed by atoms with Crippen molar-refractivity contribution in [3.63, 3.8) is 0 Å². The van der Waals surface area contributed by atoms with Crippen LogP contribution in [0.4, 0.5) is 0 Å². The fourth-order valence-electron chi connectivity index (χ4n) is 2.40. The molecule has 0 spiro atoms. The molecule has 0 aromatic heterocycles. The highest BCUT2D eigenvalue weighted by Crippen LogP contribution is 2.10. The summed E-state index contributed by atoms with van der Waals surface area (Å²) >= 11 is 0. The van der Waals surface area contributed by atoms with Gasteiger partial charge in [-0.15, -0.1) is 0 Å². The van der Waals surface area contributed by atoms with Crippen LogP contribution in [0.1, 0.15) is 53.0 Å². The van der Waals surface area contributed by atoms with E-state index in [2.05, 4.69) is 5.32 Å². The molecule has 0 radical (unpaired) electrons. The molecule has 128 valence electrons. The summed E-state index contributed by atoms with van der Waals surface area (Å²) in [6.07, 6.45) is 2.01. The topological polar surface area (TPSA) is 49.4 Å². The zero-order valence-corrected chi connectivity index (χ0v) is 15.1. The molecule has 1 rings (SSSR count). The minimum absolute atomic E-state index is 0.0417. The van der Waals surface area contributed by atoms with Gasteiger partial charge in [-0.3, -0.25) is 9.59 Å². The molecule has 1 aromatic carbocycles. The Labute approximate surface area is 140 Å². The molecule has 4 nitrogen and oxygen atoms in total. The minimum atomic E-state index is -0.461. The molecular weight excluding hydrogens is 288 g/mol. The van der Waals surface area contributed by atoms with Crippen molar-refractivity contribution >= 4 is 11.8 Å². The number of hydrogen-bond acceptors (Lipinski definition) is 2. The van der Waals surface area contributed by atoms with Crippen LogP contribution in [-0.2, 0) is 16.0 Å². The van der Waals surface area contributed by atoms with E-state index >= 15 is 0 Å². The lowest BCUT2D eigenvalue weighted by Gasteiger charge is -2.31. The van der Waals surface area contributed by atoms with Crippen LogP contribution in [-0.4, -0.2) is 34.8 Å². The van der Waals surface area contributed by atoms with Gasteiger partial charge in [0.25, 0.3) is 0 Å². The quantitative estimate of drug-likeness (QED) is 0.839. The van der Waals surface area contributed by atoms with Gasteiger partial charge in [0.1, 0.15) is 6.04 Å². The molecule has 0 saturated heterocycles. The third-order valence-corrected chi connectivity index (χ3v) is 3.61. The molecule has 4 heteroatoms. The third-order valence-electron chi connectivity index (χ3n) is 3.61. The van der Waals surface area contributed by atoms with Gasteiger partial charge in [-0.25, -0.2) is 0 Å². The highest BCUT2D eigenvalue weighted by atomic mass is 16.2. The number of nitrogens with one attached hydrogen (secondary N) is 1. The molecule has 1 atom stereocenters. The lowest BCUT2D eigenvalue weighted by Crippen LogP contribution is -2.53. The number of carbonyl (C=O) groups excluding carboxylic acids is 2. The second-order valence-electron chi connectivity index (χ2n) is 6.99. The zero-order valence-electron chi connectivity index (χ0n) is 15.1. The standard InChI is InChI=1S/C19H30N2O2/c1-6-10-17(22)21(14-13-16-11-8-7-9-12-16)15(2)18(23)20-19(3,4)5/h7-9,11-12,15H,6,10,13-14H2,1-5H3,(H,20,23)/t15-/m0/s1. The van der Waals surface area contributed by atoms with E-state index in [1.807, 2.05) is 58.0 Å². The first-order valence-corrected chi connectivity index (χ1v) is 8.40. The summed E-state index contributed by atoms with van der Waals surface area (Å²) in [4.78, 5) is 26.5. The second-order valence-corrected chi connectivity index (χ2v) is 6.99. The van der Waals surface area contributed by atoms with Crippen molar-refractivity contribution in [1.82, 2.24) is 10.2 Å². The molecule has 1 aromatic rings. The van der Waals surface area contributed by atoms with E-state index in [9.17, 15) is 9.59 Å². The molecule has 2 amide bonds. The van der Waals surface area contributed by atoms with Crippen LogP contribution in [0, 0.1) is 0 Å². The summed E-state index contributed by atoms with van der Waals surface area (Å²) in [6.45, 7) is 10.2. The van der Waals surface area contributed by atoms with Crippen molar-refractivity contribution in [3.05, 3.63) is 35.9 Å². The second kappa shape index (κ2) is 8.70. The largest absolute Gasteiger partial charge is 0.350 e. The molecule has 0 fully saturated rings. The SMILES string of the molecule is CCCC(=O)N(CCc1ccccc1)[C@@H](C)C(=O)NC(C)(C)C.